The molecule has 98 valence electrons. The number of aliphatic carboxylic acids is 1. The molecule has 3 heteroatoms. The maximum Gasteiger partial charge on any atom is 0.311 e. The summed E-state index contributed by atoms with van der Waals surface area (Å²) in [4.78, 5) is 13.5. The molecule has 1 aromatic rings. The summed E-state index contributed by atoms with van der Waals surface area (Å²) >= 11 is 0. The number of carbonyl (C=O) groups is 1. The van der Waals surface area contributed by atoms with E-state index in [0.29, 0.717) is 6.54 Å². The SMILES string of the molecule is Cc1ccc(C)c(N(C)CC2(C(=O)O)CCC2)c1. The van der Waals surface area contributed by atoms with Gasteiger partial charge in [0.1, 0.15) is 0 Å². The van der Waals surface area contributed by atoms with Crippen molar-refractivity contribution in [1.82, 2.24) is 0 Å². The van der Waals surface area contributed by atoms with Crippen molar-refractivity contribution in [2.45, 2.75) is 33.1 Å². The van der Waals surface area contributed by atoms with Gasteiger partial charge in [0.25, 0.3) is 0 Å². The van der Waals surface area contributed by atoms with Gasteiger partial charge in [-0.05, 0) is 43.9 Å². The number of carboxylic acid groups (broad SMARTS) is 1. The van der Waals surface area contributed by atoms with Gasteiger partial charge in [0.15, 0.2) is 0 Å². The minimum atomic E-state index is -0.647. The number of benzene rings is 1. The highest BCUT2D eigenvalue weighted by molar-refractivity contribution is 5.77. The summed E-state index contributed by atoms with van der Waals surface area (Å²) in [5.41, 5.74) is 3.02. The number of carboxylic acids is 1. The fraction of sp³-hybridized carbons (Fsp3) is 0.533. The lowest BCUT2D eigenvalue weighted by Gasteiger charge is -2.41. The summed E-state index contributed by atoms with van der Waals surface area (Å²) in [6.07, 6.45) is 2.64. The molecule has 0 atom stereocenters. The summed E-state index contributed by atoms with van der Waals surface area (Å²) < 4.78 is 0. The molecule has 0 spiro atoms. The van der Waals surface area contributed by atoms with Crippen molar-refractivity contribution in [3.63, 3.8) is 0 Å². The quantitative estimate of drug-likeness (QED) is 0.889. The molecular weight excluding hydrogens is 226 g/mol. The smallest absolute Gasteiger partial charge is 0.311 e. The molecule has 1 aliphatic rings. The Labute approximate surface area is 108 Å². The summed E-state index contributed by atoms with van der Waals surface area (Å²) in [6.45, 7) is 4.74. The molecule has 1 fully saturated rings. The average molecular weight is 247 g/mol. The summed E-state index contributed by atoms with van der Waals surface area (Å²) in [6, 6.07) is 6.31. The summed E-state index contributed by atoms with van der Waals surface area (Å²) in [7, 11) is 1.99. The number of nitrogens with zero attached hydrogens (tertiary/aromatic N) is 1. The predicted molar refractivity (Wildman–Crippen MR) is 73.1 cm³/mol. The zero-order valence-corrected chi connectivity index (χ0v) is 11.4. The standard InChI is InChI=1S/C15H21NO2/c1-11-5-6-12(2)13(9-11)16(3)10-15(14(17)18)7-4-8-15/h5-6,9H,4,7-8,10H2,1-3H3,(H,17,18). The minimum absolute atomic E-state index is 0.523. The Morgan fingerprint density at radius 3 is 2.56 bits per heavy atom. The first kappa shape index (κ1) is 12.9. The second-order valence-corrected chi connectivity index (χ2v) is 5.59. The van der Waals surface area contributed by atoms with Gasteiger partial charge in [-0.3, -0.25) is 4.79 Å². The van der Waals surface area contributed by atoms with Crippen molar-refractivity contribution in [2.24, 2.45) is 5.41 Å². The first-order valence-corrected chi connectivity index (χ1v) is 6.46. The van der Waals surface area contributed by atoms with Crippen LogP contribution in [-0.4, -0.2) is 24.7 Å². The highest BCUT2D eigenvalue weighted by Gasteiger charge is 2.45. The van der Waals surface area contributed by atoms with E-state index in [9.17, 15) is 9.90 Å². The van der Waals surface area contributed by atoms with Crippen LogP contribution in [0.4, 0.5) is 5.69 Å². The summed E-state index contributed by atoms with van der Waals surface area (Å²) in [5, 5.41) is 9.38. The van der Waals surface area contributed by atoms with Gasteiger partial charge >= 0.3 is 5.97 Å². The zero-order chi connectivity index (χ0) is 13.3. The Morgan fingerprint density at radius 1 is 1.39 bits per heavy atom. The molecule has 1 aliphatic carbocycles. The van der Waals surface area contributed by atoms with Gasteiger partial charge in [-0.15, -0.1) is 0 Å². The van der Waals surface area contributed by atoms with Gasteiger partial charge in [0.2, 0.25) is 0 Å². The Hall–Kier alpha value is -1.51. The number of aryl methyl sites for hydroxylation is 2. The third kappa shape index (κ3) is 2.22. The third-order valence-electron chi connectivity index (χ3n) is 4.08. The molecule has 0 bridgehead atoms. The topological polar surface area (TPSA) is 40.5 Å². The Kier molecular flexibility index (Phi) is 3.33. The van der Waals surface area contributed by atoms with Gasteiger partial charge in [0, 0.05) is 19.3 Å². The van der Waals surface area contributed by atoms with E-state index in [2.05, 4.69) is 36.9 Å². The molecular formula is C15H21NO2. The van der Waals surface area contributed by atoms with Crippen LogP contribution >= 0.6 is 0 Å². The van der Waals surface area contributed by atoms with Crippen molar-refractivity contribution in [1.29, 1.82) is 0 Å². The minimum Gasteiger partial charge on any atom is -0.481 e. The van der Waals surface area contributed by atoms with Crippen LogP contribution in [0.2, 0.25) is 0 Å². The van der Waals surface area contributed by atoms with Crippen LogP contribution in [0.5, 0.6) is 0 Å². The number of anilines is 1. The number of hydrogen-bond donors (Lipinski definition) is 1. The van der Waals surface area contributed by atoms with E-state index in [-0.39, 0.29) is 0 Å². The van der Waals surface area contributed by atoms with E-state index in [4.69, 9.17) is 0 Å². The number of rotatable bonds is 4. The lowest BCUT2D eigenvalue weighted by atomic mass is 9.68. The molecule has 0 aromatic heterocycles. The largest absolute Gasteiger partial charge is 0.481 e. The van der Waals surface area contributed by atoms with Gasteiger partial charge < -0.3 is 10.0 Å². The molecule has 3 nitrogen and oxygen atoms in total. The van der Waals surface area contributed by atoms with Crippen LogP contribution in [0.15, 0.2) is 18.2 Å². The van der Waals surface area contributed by atoms with Gasteiger partial charge in [-0.25, -0.2) is 0 Å². The van der Waals surface area contributed by atoms with Gasteiger partial charge in [-0.2, -0.15) is 0 Å². The monoisotopic (exact) mass is 247 g/mol. The molecule has 0 heterocycles. The van der Waals surface area contributed by atoms with Crippen molar-refractivity contribution in [2.75, 3.05) is 18.5 Å². The Balaban J connectivity index is 2.19. The first-order valence-electron chi connectivity index (χ1n) is 6.46. The van der Waals surface area contributed by atoms with Crippen molar-refractivity contribution < 1.29 is 9.90 Å². The second kappa shape index (κ2) is 4.63. The summed E-state index contributed by atoms with van der Waals surface area (Å²) in [5.74, 6) is -0.647. The Bertz CT molecular complexity index is 464. The lowest BCUT2D eigenvalue weighted by molar-refractivity contribution is -0.153. The van der Waals surface area contributed by atoms with Crippen molar-refractivity contribution in [3.8, 4) is 0 Å². The van der Waals surface area contributed by atoms with E-state index in [1.54, 1.807) is 0 Å². The first-order chi connectivity index (χ1) is 8.44. The molecule has 1 N–H and O–H groups in total. The van der Waals surface area contributed by atoms with Crippen LogP contribution in [-0.2, 0) is 4.79 Å². The molecule has 0 aliphatic heterocycles. The van der Waals surface area contributed by atoms with Gasteiger partial charge in [-0.1, -0.05) is 18.6 Å². The molecule has 0 unspecified atom stereocenters. The highest BCUT2D eigenvalue weighted by atomic mass is 16.4. The van der Waals surface area contributed by atoms with E-state index in [1.165, 1.54) is 11.1 Å². The molecule has 18 heavy (non-hydrogen) atoms. The van der Waals surface area contributed by atoms with E-state index in [0.717, 1.165) is 24.9 Å². The normalized spacial score (nSPS) is 17.1. The lowest BCUT2D eigenvalue weighted by Crippen LogP contribution is -2.47. The van der Waals surface area contributed by atoms with Crippen molar-refractivity contribution >= 4 is 11.7 Å². The fourth-order valence-electron chi connectivity index (χ4n) is 2.71. The maximum absolute atomic E-state index is 11.4. The number of hydrogen-bond acceptors (Lipinski definition) is 2. The zero-order valence-electron chi connectivity index (χ0n) is 11.4. The highest BCUT2D eigenvalue weighted by Crippen LogP contribution is 2.42. The van der Waals surface area contributed by atoms with Crippen LogP contribution in [0.1, 0.15) is 30.4 Å². The van der Waals surface area contributed by atoms with Crippen LogP contribution in [0, 0.1) is 19.3 Å². The van der Waals surface area contributed by atoms with Crippen LogP contribution < -0.4 is 4.90 Å². The van der Waals surface area contributed by atoms with E-state index >= 15 is 0 Å². The molecule has 0 radical (unpaired) electrons. The van der Waals surface area contributed by atoms with E-state index in [1.807, 2.05) is 7.05 Å². The Morgan fingerprint density at radius 2 is 2.06 bits per heavy atom. The van der Waals surface area contributed by atoms with Crippen LogP contribution in [0.3, 0.4) is 0 Å². The van der Waals surface area contributed by atoms with Crippen LogP contribution in [0.25, 0.3) is 0 Å². The maximum atomic E-state index is 11.4. The predicted octanol–water partition coefficient (Wildman–Crippen LogP) is 2.99. The molecule has 1 saturated carbocycles. The third-order valence-corrected chi connectivity index (χ3v) is 4.08. The molecule has 0 amide bonds. The average Bonchev–Trinajstić information content (AvgIpc) is 2.26. The van der Waals surface area contributed by atoms with Crippen molar-refractivity contribution in [3.05, 3.63) is 29.3 Å². The molecule has 1 aromatic carbocycles. The fourth-order valence-corrected chi connectivity index (χ4v) is 2.71. The molecule has 2 rings (SSSR count). The van der Waals surface area contributed by atoms with E-state index < -0.39 is 11.4 Å². The molecule has 0 saturated heterocycles. The van der Waals surface area contributed by atoms with Gasteiger partial charge in [0.05, 0.1) is 5.41 Å². The second-order valence-electron chi connectivity index (χ2n) is 5.59.